The smallest absolute Gasteiger partial charge is 0.215 e. The van der Waals surface area contributed by atoms with Gasteiger partial charge in [-0.2, -0.15) is 0 Å². The Kier molecular flexibility index (Phi) is 7.01. The van der Waals surface area contributed by atoms with Crippen molar-refractivity contribution in [1.82, 2.24) is 4.90 Å². The van der Waals surface area contributed by atoms with Gasteiger partial charge in [-0.3, -0.25) is 14.7 Å². The van der Waals surface area contributed by atoms with Crippen molar-refractivity contribution < 1.29 is 9.53 Å². The fraction of sp³-hybridized carbons (Fsp3) is 0.286. The van der Waals surface area contributed by atoms with E-state index < -0.39 is 0 Å². The highest BCUT2D eigenvalue weighted by molar-refractivity contribution is 6.30. The molecule has 0 saturated heterocycles. The molecule has 1 heterocycles. The Morgan fingerprint density at radius 1 is 0.941 bits per heavy atom. The summed E-state index contributed by atoms with van der Waals surface area (Å²) in [5.41, 5.74) is 3.78. The van der Waals surface area contributed by atoms with Crippen molar-refractivity contribution in [2.24, 2.45) is 4.99 Å². The van der Waals surface area contributed by atoms with Crippen molar-refractivity contribution in [3.05, 3.63) is 99.0 Å². The lowest BCUT2D eigenvalue weighted by atomic mass is 9.86. The summed E-state index contributed by atoms with van der Waals surface area (Å²) < 4.78 is 5.96. The summed E-state index contributed by atoms with van der Waals surface area (Å²) in [6, 6.07) is 20.7. The Labute approximate surface area is 211 Å². The van der Waals surface area contributed by atoms with Gasteiger partial charge in [0.25, 0.3) is 0 Å². The molecule has 1 amide bonds. The Balaban J connectivity index is 1.91. The summed E-state index contributed by atoms with van der Waals surface area (Å²) in [6.07, 6.45) is 0.855. The van der Waals surface area contributed by atoms with Crippen molar-refractivity contribution in [2.75, 3.05) is 6.61 Å². The third-order valence-electron chi connectivity index (χ3n) is 6.03. The average Bonchev–Trinajstić information content (AvgIpc) is 3.19. The van der Waals surface area contributed by atoms with Crippen LogP contribution >= 0.6 is 23.2 Å². The first-order valence-electron chi connectivity index (χ1n) is 11.3. The Bertz CT molecular complexity index is 1200. The van der Waals surface area contributed by atoms with Crippen LogP contribution in [0.4, 0.5) is 0 Å². The van der Waals surface area contributed by atoms with Gasteiger partial charge in [0.15, 0.2) is 0 Å². The van der Waals surface area contributed by atoms with E-state index in [2.05, 4.69) is 32.9 Å². The van der Waals surface area contributed by atoms with E-state index >= 15 is 0 Å². The highest BCUT2D eigenvalue weighted by Crippen LogP contribution is 2.44. The lowest BCUT2D eigenvalue weighted by molar-refractivity contribution is -0.116. The fourth-order valence-corrected chi connectivity index (χ4v) is 4.50. The summed E-state index contributed by atoms with van der Waals surface area (Å²) in [6.45, 7) is 8.94. The minimum atomic E-state index is -0.335. The molecular weight excluding hydrogens is 467 g/mol. The predicted octanol–water partition coefficient (Wildman–Crippen LogP) is 7.39. The topological polar surface area (TPSA) is 41.9 Å². The molecule has 3 aromatic carbocycles. The van der Waals surface area contributed by atoms with Crippen molar-refractivity contribution in [1.29, 1.82) is 0 Å². The Morgan fingerprint density at radius 3 is 2.06 bits per heavy atom. The van der Waals surface area contributed by atoms with E-state index in [9.17, 15) is 4.79 Å². The summed E-state index contributed by atoms with van der Waals surface area (Å²) in [4.78, 5) is 19.4. The zero-order valence-electron chi connectivity index (χ0n) is 19.8. The van der Waals surface area contributed by atoms with Gasteiger partial charge in [-0.15, -0.1) is 0 Å². The normalized spacial score (nSPS) is 18.1. The van der Waals surface area contributed by atoms with Gasteiger partial charge in [0.1, 0.15) is 17.6 Å². The molecule has 1 aliphatic heterocycles. The number of rotatable bonds is 6. The zero-order valence-corrected chi connectivity index (χ0v) is 21.3. The summed E-state index contributed by atoms with van der Waals surface area (Å²) in [5.74, 6) is 1.29. The van der Waals surface area contributed by atoms with Crippen LogP contribution in [0, 0.1) is 0 Å². The summed E-state index contributed by atoms with van der Waals surface area (Å²) in [5, 5.41) is 1.29. The van der Waals surface area contributed by atoms with Crippen LogP contribution < -0.4 is 4.74 Å². The first kappa shape index (κ1) is 24.3. The monoisotopic (exact) mass is 494 g/mol. The van der Waals surface area contributed by atoms with E-state index in [0.717, 1.165) is 28.7 Å². The second-order valence-electron chi connectivity index (χ2n) is 9.35. The third kappa shape index (κ3) is 4.84. The zero-order chi connectivity index (χ0) is 24.5. The molecule has 2 atom stereocenters. The first-order chi connectivity index (χ1) is 16.2. The Hall–Kier alpha value is -2.82. The molecule has 0 fully saturated rings. The molecule has 0 N–H and O–H groups in total. The molecule has 0 aromatic heterocycles. The highest BCUT2D eigenvalue weighted by atomic mass is 35.5. The van der Waals surface area contributed by atoms with Crippen molar-refractivity contribution in [3.8, 4) is 5.75 Å². The molecular formula is C28H28Cl2N2O2. The van der Waals surface area contributed by atoms with Crippen molar-refractivity contribution in [3.63, 3.8) is 0 Å². The Morgan fingerprint density at radius 2 is 1.53 bits per heavy atom. The molecule has 176 valence electrons. The molecule has 0 radical (unpaired) electrons. The maximum absolute atomic E-state index is 12.6. The van der Waals surface area contributed by atoms with E-state index in [1.165, 1.54) is 0 Å². The minimum Gasteiger partial charge on any atom is -0.493 e. The first-order valence-corrected chi connectivity index (χ1v) is 12.1. The fourth-order valence-electron chi connectivity index (χ4n) is 4.25. The number of ether oxygens (including phenoxy) is 1. The predicted molar refractivity (Wildman–Crippen MR) is 139 cm³/mol. The molecule has 3 aromatic rings. The quantitative estimate of drug-likeness (QED) is 0.335. The van der Waals surface area contributed by atoms with Gasteiger partial charge in [0.2, 0.25) is 6.41 Å². The number of amidine groups is 1. The van der Waals surface area contributed by atoms with Crippen LogP contribution in [0.2, 0.25) is 10.0 Å². The largest absolute Gasteiger partial charge is 0.493 e. The number of carbonyl (C=O) groups is 1. The molecule has 0 aliphatic carbocycles. The van der Waals surface area contributed by atoms with Crippen LogP contribution in [0.25, 0.3) is 0 Å². The van der Waals surface area contributed by atoms with Crippen LogP contribution in [-0.2, 0) is 10.2 Å². The van der Waals surface area contributed by atoms with Gasteiger partial charge in [0.05, 0.1) is 18.2 Å². The van der Waals surface area contributed by atoms with E-state index in [4.69, 9.17) is 32.9 Å². The number of nitrogens with zero attached hydrogens (tertiary/aromatic N) is 2. The van der Waals surface area contributed by atoms with Crippen LogP contribution in [0.3, 0.4) is 0 Å². The number of benzene rings is 3. The summed E-state index contributed by atoms with van der Waals surface area (Å²) >= 11 is 12.3. The van der Waals surface area contributed by atoms with Gasteiger partial charge in [-0.05, 0) is 65.4 Å². The van der Waals surface area contributed by atoms with E-state index in [0.29, 0.717) is 28.2 Å². The number of aliphatic imine (C=N–C) groups is 1. The van der Waals surface area contributed by atoms with Gasteiger partial charge in [0, 0.05) is 10.0 Å². The lowest BCUT2D eigenvalue weighted by Crippen LogP contribution is -2.31. The maximum atomic E-state index is 12.6. The molecule has 4 nitrogen and oxygen atoms in total. The molecule has 6 heteroatoms. The molecule has 0 unspecified atom stereocenters. The second-order valence-corrected chi connectivity index (χ2v) is 10.2. The van der Waals surface area contributed by atoms with Gasteiger partial charge in [-0.25, -0.2) is 0 Å². The van der Waals surface area contributed by atoms with Gasteiger partial charge in [-0.1, -0.05) is 74.3 Å². The SMILES string of the molecule is CCOc1ccc(C(C)(C)C)cc1C1=N[C@@H](c2ccc(Cl)cc2)[C@@H](c2ccc(Cl)cc2)N1C=O. The van der Waals surface area contributed by atoms with E-state index in [1.807, 2.05) is 61.5 Å². The number of amides is 1. The number of carbonyl (C=O) groups excluding carboxylic acids is 1. The molecule has 0 saturated carbocycles. The highest BCUT2D eigenvalue weighted by Gasteiger charge is 2.40. The van der Waals surface area contributed by atoms with Crippen LogP contribution in [-0.4, -0.2) is 23.8 Å². The molecule has 34 heavy (non-hydrogen) atoms. The summed E-state index contributed by atoms with van der Waals surface area (Å²) in [7, 11) is 0. The van der Waals surface area contributed by atoms with E-state index in [-0.39, 0.29) is 17.5 Å². The molecule has 4 rings (SSSR count). The van der Waals surface area contributed by atoms with Crippen molar-refractivity contribution >= 4 is 35.4 Å². The molecule has 0 spiro atoms. The third-order valence-corrected chi connectivity index (χ3v) is 6.53. The van der Waals surface area contributed by atoms with Crippen LogP contribution in [0.15, 0.2) is 71.7 Å². The van der Waals surface area contributed by atoms with Gasteiger partial charge < -0.3 is 4.74 Å². The molecule has 0 bridgehead atoms. The lowest BCUT2D eigenvalue weighted by Gasteiger charge is -2.27. The molecule has 1 aliphatic rings. The van der Waals surface area contributed by atoms with Crippen molar-refractivity contribution in [2.45, 2.75) is 45.2 Å². The average molecular weight is 495 g/mol. The maximum Gasteiger partial charge on any atom is 0.215 e. The number of hydrogen-bond acceptors (Lipinski definition) is 3. The van der Waals surface area contributed by atoms with E-state index in [1.54, 1.807) is 4.90 Å². The van der Waals surface area contributed by atoms with Crippen LogP contribution in [0.5, 0.6) is 5.75 Å². The minimum absolute atomic E-state index is 0.0736. The number of hydrogen-bond donors (Lipinski definition) is 0. The van der Waals surface area contributed by atoms with Gasteiger partial charge >= 0.3 is 0 Å². The van der Waals surface area contributed by atoms with Crippen LogP contribution in [0.1, 0.15) is 62.0 Å². The number of halogens is 2. The second kappa shape index (κ2) is 9.81. The standard InChI is InChI=1S/C28H28Cl2N2O2/c1-5-34-24-15-10-20(28(2,3)4)16-23(24)27-31-25(18-6-11-21(29)12-7-18)26(32(27)17-33)19-8-13-22(30)14-9-19/h6-17,25-26H,5H2,1-4H3/t25-,26+/m0/s1.